The molecule has 0 saturated heterocycles. The van der Waals surface area contributed by atoms with Gasteiger partial charge in [-0.25, -0.2) is 4.79 Å². The van der Waals surface area contributed by atoms with Crippen LogP contribution in [0.1, 0.15) is 19.8 Å². The molecule has 3 N–H and O–H groups in total. The molecule has 94 valence electrons. The maximum Gasteiger partial charge on any atom is 0.346 e. The Morgan fingerprint density at radius 3 is 3.00 bits per heavy atom. The summed E-state index contributed by atoms with van der Waals surface area (Å²) in [6.45, 7) is 6.50. The van der Waals surface area contributed by atoms with Crippen LogP contribution in [-0.4, -0.2) is 41.8 Å². The van der Waals surface area contributed by atoms with Crippen LogP contribution in [0.5, 0.6) is 0 Å². The summed E-state index contributed by atoms with van der Waals surface area (Å²) in [6, 6.07) is -0.854. The van der Waals surface area contributed by atoms with Crippen molar-refractivity contribution in [2.75, 3.05) is 13.1 Å². The first-order valence-corrected chi connectivity index (χ1v) is 5.62. The second-order valence-electron chi connectivity index (χ2n) is 3.83. The molecule has 0 aromatic rings. The Labute approximate surface area is 101 Å². The van der Waals surface area contributed by atoms with E-state index in [-0.39, 0.29) is 18.2 Å². The van der Waals surface area contributed by atoms with Crippen LogP contribution in [0.4, 0.5) is 4.79 Å². The summed E-state index contributed by atoms with van der Waals surface area (Å²) in [5, 5.41) is 2.74. The van der Waals surface area contributed by atoms with Crippen LogP contribution in [-0.2, 0) is 4.79 Å². The van der Waals surface area contributed by atoms with E-state index in [1.165, 1.54) is 4.90 Å². The smallest absolute Gasteiger partial charge is 0.346 e. The van der Waals surface area contributed by atoms with E-state index in [9.17, 15) is 9.59 Å². The molecule has 1 heterocycles. The van der Waals surface area contributed by atoms with E-state index in [0.29, 0.717) is 13.1 Å². The van der Waals surface area contributed by atoms with Gasteiger partial charge in [0.25, 0.3) is 0 Å². The second kappa shape index (κ2) is 6.03. The predicted octanol–water partition coefficient (Wildman–Crippen LogP) is 0.250. The number of rotatable bonds is 6. The molecule has 0 fully saturated rings. The molecule has 1 unspecified atom stereocenters. The molecule has 1 aliphatic heterocycles. The highest BCUT2D eigenvalue weighted by atomic mass is 16.2. The molecular weight excluding hydrogens is 220 g/mol. The van der Waals surface area contributed by atoms with E-state index in [4.69, 9.17) is 5.73 Å². The van der Waals surface area contributed by atoms with Gasteiger partial charge in [0.15, 0.2) is 0 Å². The number of urea groups is 1. The third kappa shape index (κ3) is 3.30. The fraction of sp³-hybridized carbons (Fsp3) is 0.545. The van der Waals surface area contributed by atoms with Gasteiger partial charge in [0.05, 0.1) is 6.42 Å². The molecule has 17 heavy (non-hydrogen) atoms. The van der Waals surface area contributed by atoms with Crippen molar-refractivity contribution >= 4 is 17.8 Å². The van der Waals surface area contributed by atoms with Gasteiger partial charge in [0.2, 0.25) is 5.91 Å². The quantitative estimate of drug-likeness (QED) is 0.650. The highest BCUT2D eigenvalue weighted by Crippen LogP contribution is 2.14. The maximum atomic E-state index is 11.6. The highest BCUT2D eigenvalue weighted by molar-refractivity contribution is 6.04. The molecule has 1 aliphatic rings. The molecule has 0 aliphatic carbocycles. The zero-order chi connectivity index (χ0) is 12.8. The lowest BCUT2D eigenvalue weighted by Gasteiger charge is -2.22. The largest absolute Gasteiger partial charge is 0.385 e. The summed E-state index contributed by atoms with van der Waals surface area (Å²) in [6.07, 6.45) is 2.60. The van der Waals surface area contributed by atoms with Gasteiger partial charge in [-0.3, -0.25) is 4.79 Å². The number of hydrogen-bond acceptors (Lipinski definition) is 3. The molecule has 1 atom stereocenters. The summed E-state index contributed by atoms with van der Waals surface area (Å²) in [5.41, 5.74) is 5.64. The van der Waals surface area contributed by atoms with Crippen molar-refractivity contribution in [1.82, 2.24) is 10.2 Å². The van der Waals surface area contributed by atoms with Crippen molar-refractivity contribution in [3.05, 3.63) is 12.7 Å². The topological polar surface area (TPSA) is 87.8 Å². The van der Waals surface area contributed by atoms with E-state index in [1.807, 2.05) is 6.92 Å². The number of nitrogens with zero attached hydrogens (tertiary/aromatic N) is 2. The average molecular weight is 238 g/mol. The van der Waals surface area contributed by atoms with Crippen molar-refractivity contribution in [3.8, 4) is 0 Å². The fourth-order valence-electron chi connectivity index (χ4n) is 1.61. The monoisotopic (exact) mass is 238 g/mol. The van der Waals surface area contributed by atoms with Crippen molar-refractivity contribution in [2.45, 2.75) is 25.8 Å². The average Bonchev–Trinajstić information content (AvgIpc) is 2.54. The zero-order valence-electron chi connectivity index (χ0n) is 9.98. The van der Waals surface area contributed by atoms with Gasteiger partial charge in [-0.1, -0.05) is 13.0 Å². The lowest BCUT2D eigenvalue weighted by molar-refractivity contribution is -0.121. The van der Waals surface area contributed by atoms with E-state index < -0.39 is 12.1 Å². The Morgan fingerprint density at radius 2 is 2.41 bits per heavy atom. The normalized spacial score (nSPS) is 19.1. The summed E-state index contributed by atoms with van der Waals surface area (Å²) in [7, 11) is 0. The minimum atomic E-state index is -0.447. The summed E-state index contributed by atoms with van der Waals surface area (Å²) >= 11 is 0. The molecule has 1 rings (SSSR count). The van der Waals surface area contributed by atoms with E-state index in [1.54, 1.807) is 6.08 Å². The number of amidine groups is 1. The van der Waals surface area contributed by atoms with Crippen LogP contribution in [0.25, 0.3) is 0 Å². The summed E-state index contributed by atoms with van der Waals surface area (Å²) in [5.74, 6) is 0.0715. The first-order chi connectivity index (χ1) is 8.10. The Hall–Kier alpha value is -1.85. The van der Waals surface area contributed by atoms with Crippen molar-refractivity contribution < 1.29 is 9.59 Å². The number of amides is 3. The summed E-state index contributed by atoms with van der Waals surface area (Å²) < 4.78 is 0. The van der Waals surface area contributed by atoms with Crippen LogP contribution < -0.4 is 11.1 Å². The van der Waals surface area contributed by atoms with Crippen molar-refractivity contribution in [3.63, 3.8) is 0 Å². The zero-order valence-corrected chi connectivity index (χ0v) is 9.98. The van der Waals surface area contributed by atoms with Crippen LogP contribution >= 0.6 is 0 Å². The Balaban J connectivity index is 2.60. The van der Waals surface area contributed by atoms with Gasteiger partial charge in [-0.05, 0) is 6.42 Å². The summed E-state index contributed by atoms with van der Waals surface area (Å²) in [4.78, 5) is 28.1. The van der Waals surface area contributed by atoms with Crippen molar-refractivity contribution in [2.24, 2.45) is 10.7 Å². The van der Waals surface area contributed by atoms with Crippen LogP contribution in [0.15, 0.2) is 17.6 Å². The standard InChI is InChI=1S/C11H18N4O2/c1-3-5-13-9(16)7-8-10(12)14-11(17)15(8)6-4-2/h4,8H,2-3,5-7H2,1H3,(H,13,16)(H2,12,14,17). The SMILES string of the molecule is C=CCN1C(=O)N=C(N)C1CC(=O)NCCC. The highest BCUT2D eigenvalue weighted by Gasteiger charge is 2.33. The van der Waals surface area contributed by atoms with E-state index in [0.717, 1.165) is 6.42 Å². The predicted molar refractivity (Wildman–Crippen MR) is 65.6 cm³/mol. The van der Waals surface area contributed by atoms with Crippen LogP contribution in [0.2, 0.25) is 0 Å². The fourth-order valence-corrected chi connectivity index (χ4v) is 1.61. The first-order valence-electron chi connectivity index (χ1n) is 5.62. The Bertz CT molecular complexity index is 351. The van der Waals surface area contributed by atoms with E-state index in [2.05, 4.69) is 16.9 Å². The molecule has 0 radical (unpaired) electrons. The molecule has 0 spiro atoms. The maximum absolute atomic E-state index is 11.6. The minimum Gasteiger partial charge on any atom is -0.385 e. The van der Waals surface area contributed by atoms with Gasteiger partial charge < -0.3 is 16.0 Å². The number of nitrogens with one attached hydrogen (secondary N) is 1. The molecule has 6 nitrogen and oxygen atoms in total. The van der Waals surface area contributed by atoms with Gasteiger partial charge in [0, 0.05) is 13.1 Å². The molecule has 0 aromatic heterocycles. The third-order valence-electron chi connectivity index (χ3n) is 2.46. The first kappa shape index (κ1) is 13.2. The third-order valence-corrected chi connectivity index (χ3v) is 2.46. The van der Waals surface area contributed by atoms with Crippen molar-refractivity contribution in [1.29, 1.82) is 0 Å². The second-order valence-corrected chi connectivity index (χ2v) is 3.83. The number of hydrogen-bond donors (Lipinski definition) is 2. The lowest BCUT2D eigenvalue weighted by atomic mass is 10.1. The van der Waals surface area contributed by atoms with E-state index >= 15 is 0 Å². The molecule has 0 aromatic carbocycles. The number of nitrogens with two attached hydrogens (primary N) is 1. The number of carbonyl (C=O) groups is 2. The van der Waals surface area contributed by atoms with Gasteiger partial charge in [-0.2, -0.15) is 4.99 Å². The molecular formula is C11H18N4O2. The Kier molecular flexibility index (Phi) is 4.68. The number of aliphatic imine (C=N–C) groups is 1. The molecule has 3 amide bonds. The Morgan fingerprint density at radius 1 is 1.71 bits per heavy atom. The number of carbonyl (C=O) groups excluding carboxylic acids is 2. The van der Waals surface area contributed by atoms with Gasteiger partial charge >= 0.3 is 6.03 Å². The van der Waals surface area contributed by atoms with Crippen LogP contribution in [0, 0.1) is 0 Å². The minimum absolute atomic E-state index is 0.126. The van der Waals surface area contributed by atoms with Crippen LogP contribution in [0.3, 0.4) is 0 Å². The molecule has 6 heteroatoms. The molecule has 0 bridgehead atoms. The van der Waals surface area contributed by atoms with Gasteiger partial charge in [-0.15, -0.1) is 6.58 Å². The lowest BCUT2D eigenvalue weighted by Crippen LogP contribution is -2.44. The molecule has 0 saturated carbocycles. The van der Waals surface area contributed by atoms with Gasteiger partial charge in [0.1, 0.15) is 11.9 Å².